The summed E-state index contributed by atoms with van der Waals surface area (Å²) in [6.45, 7) is 3.12. The molecule has 2 aromatic rings. The molecule has 0 N–H and O–H groups in total. The van der Waals surface area contributed by atoms with Gasteiger partial charge in [0, 0.05) is 31.4 Å². The van der Waals surface area contributed by atoms with E-state index in [9.17, 15) is 4.79 Å². The van der Waals surface area contributed by atoms with Gasteiger partial charge in [0.25, 0.3) is 5.91 Å². The zero-order valence-electron chi connectivity index (χ0n) is 10.6. The number of nitrogens with zero attached hydrogens (tertiary/aromatic N) is 3. The van der Waals surface area contributed by atoms with Gasteiger partial charge in [-0.15, -0.1) is 11.6 Å². The van der Waals surface area contributed by atoms with Crippen molar-refractivity contribution < 1.29 is 4.79 Å². The molecule has 0 unspecified atom stereocenters. The Kier molecular flexibility index (Phi) is 3.87. The Hall–Kier alpha value is -1.55. The van der Waals surface area contributed by atoms with E-state index in [1.54, 1.807) is 9.58 Å². The molecule has 1 aromatic heterocycles. The van der Waals surface area contributed by atoms with Crippen molar-refractivity contribution in [3.63, 3.8) is 0 Å². The van der Waals surface area contributed by atoms with Gasteiger partial charge in [0.15, 0.2) is 5.69 Å². The number of amides is 1. The molecule has 0 aliphatic rings. The third kappa shape index (κ3) is 2.20. The number of para-hydroxylation sites is 1. The molecule has 1 aromatic carbocycles. The van der Waals surface area contributed by atoms with Crippen molar-refractivity contribution >= 4 is 28.4 Å². The molecule has 0 saturated heterocycles. The van der Waals surface area contributed by atoms with Crippen molar-refractivity contribution in [1.29, 1.82) is 0 Å². The van der Waals surface area contributed by atoms with Crippen LogP contribution in [0.25, 0.3) is 10.9 Å². The summed E-state index contributed by atoms with van der Waals surface area (Å²) in [4.78, 5) is 14.1. The fourth-order valence-electron chi connectivity index (χ4n) is 2.03. The summed E-state index contributed by atoms with van der Waals surface area (Å²) in [5.41, 5.74) is 1.46. The number of rotatable bonds is 4. The molecular formula is C13H16ClN3O. The van der Waals surface area contributed by atoms with E-state index in [1.807, 2.05) is 38.2 Å². The van der Waals surface area contributed by atoms with Gasteiger partial charge in [-0.25, -0.2) is 0 Å². The van der Waals surface area contributed by atoms with E-state index in [4.69, 9.17) is 11.6 Å². The lowest BCUT2D eigenvalue weighted by Gasteiger charge is -2.18. The fraction of sp³-hybridized carbons (Fsp3) is 0.385. The van der Waals surface area contributed by atoms with Crippen molar-refractivity contribution in [3.05, 3.63) is 30.0 Å². The molecule has 0 aliphatic heterocycles. The smallest absolute Gasteiger partial charge is 0.275 e. The third-order valence-electron chi connectivity index (χ3n) is 2.98. The van der Waals surface area contributed by atoms with Crippen LogP contribution in [0.15, 0.2) is 24.3 Å². The van der Waals surface area contributed by atoms with Gasteiger partial charge in [0.05, 0.1) is 5.52 Å². The van der Waals surface area contributed by atoms with E-state index in [-0.39, 0.29) is 5.91 Å². The highest BCUT2D eigenvalue weighted by Crippen LogP contribution is 2.18. The Bertz CT molecular complexity index is 564. The van der Waals surface area contributed by atoms with Crippen LogP contribution in [-0.4, -0.2) is 39.6 Å². The topological polar surface area (TPSA) is 38.1 Å². The molecule has 0 radical (unpaired) electrons. The van der Waals surface area contributed by atoms with Crippen molar-refractivity contribution in [2.24, 2.45) is 7.05 Å². The lowest BCUT2D eigenvalue weighted by Crippen LogP contribution is -2.33. The van der Waals surface area contributed by atoms with Crippen LogP contribution in [0.5, 0.6) is 0 Å². The van der Waals surface area contributed by atoms with E-state index < -0.39 is 0 Å². The second-order valence-corrected chi connectivity index (χ2v) is 4.44. The average Bonchev–Trinajstić information content (AvgIpc) is 2.73. The predicted molar refractivity (Wildman–Crippen MR) is 73.0 cm³/mol. The van der Waals surface area contributed by atoms with Crippen molar-refractivity contribution in [2.45, 2.75) is 6.92 Å². The molecular weight excluding hydrogens is 250 g/mol. The third-order valence-corrected chi connectivity index (χ3v) is 3.15. The highest BCUT2D eigenvalue weighted by Gasteiger charge is 2.20. The number of hydrogen-bond acceptors (Lipinski definition) is 2. The first-order valence-electron chi connectivity index (χ1n) is 5.96. The molecule has 0 fully saturated rings. The SMILES string of the molecule is CCN(CCCl)C(=O)c1nn(C)c2ccccc12. The minimum atomic E-state index is -0.0602. The summed E-state index contributed by atoms with van der Waals surface area (Å²) in [6.07, 6.45) is 0. The van der Waals surface area contributed by atoms with Crippen LogP contribution in [0.1, 0.15) is 17.4 Å². The van der Waals surface area contributed by atoms with E-state index >= 15 is 0 Å². The Morgan fingerprint density at radius 3 is 2.83 bits per heavy atom. The average molecular weight is 266 g/mol. The molecule has 1 amide bonds. The number of carbonyl (C=O) groups excluding carboxylic acids is 1. The van der Waals surface area contributed by atoms with Gasteiger partial charge >= 0.3 is 0 Å². The van der Waals surface area contributed by atoms with E-state index in [0.29, 0.717) is 24.7 Å². The highest BCUT2D eigenvalue weighted by molar-refractivity contribution is 6.18. The van der Waals surface area contributed by atoms with Gasteiger partial charge in [-0.3, -0.25) is 9.48 Å². The van der Waals surface area contributed by atoms with Crippen LogP contribution in [0.4, 0.5) is 0 Å². The van der Waals surface area contributed by atoms with Gasteiger partial charge in [-0.1, -0.05) is 18.2 Å². The number of alkyl halides is 1. The molecule has 0 spiro atoms. The minimum absolute atomic E-state index is 0.0602. The summed E-state index contributed by atoms with van der Waals surface area (Å²) in [5.74, 6) is 0.375. The van der Waals surface area contributed by atoms with Crippen LogP contribution in [-0.2, 0) is 7.05 Å². The number of carbonyl (C=O) groups is 1. The molecule has 0 bridgehead atoms. The first-order valence-corrected chi connectivity index (χ1v) is 6.49. The van der Waals surface area contributed by atoms with Crippen LogP contribution < -0.4 is 0 Å². The Morgan fingerprint density at radius 1 is 1.44 bits per heavy atom. The zero-order chi connectivity index (χ0) is 13.1. The van der Waals surface area contributed by atoms with Gasteiger partial charge < -0.3 is 4.90 Å². The molecule has 0 atom stereocenters. The highest BCUT2D eigenvalue weighted by atomic mass is 35.5. The zero-order valence-corrected chi connectivity index (χ0v) is 11.3. The summed E-state index contributed by atoms with van der Waals surface area (Å²) >= 11 is 5.71. The maximum atomic E-state index is 12.4. The van der Waals surface area contributed by atoms with Gasteiger partial charge in [0.1, 0.15) is 0 Å². The van der Waals surface area contributed by atoms with Crippen LogP contribution >= 0.6 is 11.6 Å². The molecule has 18 heavy (non-hydrogen) atoms. The van der Waals surface area contributed by atoms with Gasteiger partial charge in [-0.2, -0.15) is 5.10 Å². The van der Waals surface area contributed by atoms with E-state index in [2.05, 4.69) is 5.10 Å². The second kappa shape index (κ2) is 5.40. The van der Waals surface area contributed by atoms with E-state index in [1.165, 1.54) is 0 Å². The summed E-state index contributed by atoms with van der Waals surface area (Å²) in [6, 6.07) is 7.73. The molecule has 4 nitrogen and oxygen atoms in total. The van der Waals surface area contributed by atoms with Crippen LogP contribution in [0.3, 0.4) is 0 Å². The molecule has 96 valence electrons. The summed E-state index contributed by atoms with van der Waals surface area (Å²) in [7, 11) is 1.84. The number of hydrogen-bond donors (Lipinski definition) is 0. The molecule has 0 saturated carbocycles. The standard InChI is InChI=1S/C13H16ClN3O/c1-3-17(9-8-14)13(18)12-10-6-4-5-7-11(10)16(2)15-12/h4-7H,3,8-9H2,1-2H3. The molecule has 5 heteroatoms. The molecule has 0 aliphatic carbocycles. The number of aryl methyl sites for hydroxylation is 1. The van der Waals surface area contributed by atoms with Crippen molar-refractivity contribution in [1.82, 2.24) is 14.7 Å². The minimum Gasteiger partial charge on any atom is -0.336 e. The van der Waals surface area contributed by atoms with Crippen LogP contribution in [0, 0.1) is 0 Å². The first kappa shape index (κ1) is 12.9. The summed E-state index contributed by atoms with van der Waals surface area (Å²) < 4.78 is 1.73. The second-order valence-electron chi connectivity index (χ2n) is 4.06. The van der Waals surface area contributed by atoms with Crippen LogP contribution in [0.2, 0.25) is 0 Å². The Labute approximate surface area is 111 Å². The van der Waals surface area contributed by atoms with Crippen molar-refractivity contribution in [2.75, 3.05) is 19.0 Å². The molecule has 2 rings (SSSR count). The lowest BCUT2D eigenvalue weighted by molar-refractivity contribution is 0.0769. The van der Waals surface area contributed by atoms with E-state index in [0.717, 1.165) is 10.9 Å². The quantitative estimate of drug-likeness (QED) is 0.796. The monoisotopic (exact) mass is 265 g/mol. The summed E-state index contributed by atoms with van der Waals surface area (Å²) in [5, 5.41) is 5.21. The predicted octanol–water partition coefficient (Wildman–Crippen LogP) is 2.27. The lowest BCUT2D eigenvalue weighted by atomic mass is 10.2. The largest absolute Gasteiger partial charge is 0.336 e. The Morgan fingerprint density at radius 2 is 2.17 bits per heavy atom. The maximum absolute atomic E-state index is 12.4. The number of aromatic nitrogens is 2. The first-order chi connectivity index (χ1) is 8.69. The number of benzene rings is 1. The number of fused-ring (bicyclic) bond motifs is 1. The van der Waals surface area contributed by atoms with Gasteiger partial charge in [0.2, 0.25) is 0 Å². The van der Waals surface area contributed by atoms with Crippen molar-refractivity contribution in [3.8, 4) is 0 Å². The fourth-order valence-corrected chi connectivity index (χ4v) is 2.23. The Balaban J connectivity index is 2.44. The van der Waals surface area contributed by atoms with Gasteiger partial charge in [-0.05, 0) is 13.0 Å². The molecule has 1 heterocycles. The maximum Gasteiger partial charge on any atom is 0.275 e. The number of halogens is 1. The normalized spacial score (nSPS) is 10.8.